The average molecular weight is 122 g/mol. The van der Waals surface area contributed by atoms with Crippen molar-refractivity contribution in [3.8, 4) is 0 Å². The first kappa shape index (κ1) is 5.70. The molecule has 1 aromatic rings. The monoisotopic (exact) mass is 122 g/mol. The summed E-state index contributed by atoms with van der Waals surface area (Å²) in [5, 5.41) is 0. The van der Waals surface area contributed by atoms with Crippen molar-refractivity contribution in [3.63, 3.8) is 0 Å². The van der Waals surface area contributed by atoms with Crippen LogP contribution in [0.15, 0.2) is 17.4 Å². The molecule has 0 atom stereocenters. The Morgan fingerprint density at radius 3 is 2.38 bits per heavy atom. The maximum atomic E-state index is 2.33. The van der Waals surface area contributed by atoms with Crippen LogP contribution in [-0.4, -0.2) is 9.12 Å². The molecule has 0 saturated carbocycles. The molecule has 0 N–H and O–H groups in total. The molecule has 0 aliphatic carbocycles. The zero-order chi connectivity index (χ0) is 5.98. The zero-order valence-electron chi connectivity index (χ0n) is 5.31. The third kappa shape index (κ3) is 1.04. The molecule has 0 amide bonds. The average Bonchev–Trinajstić information content (AvgIpc) is 1.77. The quantitative estimate of drug-likeness (QED) is 0.456. The van der Waals surface area contributed by atoms with Gasteiger partial charge in [-0.05, 0) is 19.4 Å². The Kier molecular flexibility index (Phi) is 1.58. The van der Waals surface area contributed by atoms with Crippen LogP contribution >= 0.6 is 0 Å². The standard InChI is InChI=1S/C7H10Si/c1-6-3-4-8-5-7(6)2/h3-5,8H,1-2H3. The van der Waals surface area contributed by atoms with Gasteiger partial charge >= 0.3 is 0 Å². The maximum Gasteiger partial charge on any atom is 0.0201 e. The van der Waals surface area contributed by atoms with Gasteiger partial charge in [-0.1, -0.05) is 23.0 Å². The Labute approximate surface area is 52.3 Å². The van der Waals surface area contributed by atoms with Gasteiger partial charge in [0, 0.05) is 9.12 Å². The van der Waals surface area contributed by atoms with Gasteiger partial charge in [-0.15, -0.1) is 0 Å². The van der Waals surface area contributed by atoms with Gasteiger partial charge in [0.25, 0.3) is 0 Å². The smallest absolute Gasteiger partial charge is 0.0201 e. The van der Waals surface area contributed by atoms with Crippen LogP contribution < -0.4 is 0 Å². The fraction of sp³-hybridized carbons (Fsp3) is 0.286. The largest absolute Gasteiger partial charge is 0.0802 e. The number of rotatable bonds is 0. The van der Waals surface area contributed by atoms with Gasteiger partial charge in [0.05, 0.1) is 0 Å². The van der Waals surface area contributed by atoms with E-state index in [9.17, 15) is 0 Å². The van der Waals surface area contributed by atoms with Gasteiger partial charge in [-0.2, -0.15) is 0 Å². The molecular formula is C7H10Si. The van der Waals surface area contributed by atoms with Gasteiger partial charge < -0.3 is 0 Å². The fourth-order valence-corrected chi connectivity index (χ4v) is 1.73. The van der Waals surface area contributed by atoms with Crippen molar-refractivity contribution in [1.29, 1.82) is 0 Å². The second-order valence-corrected chi connectivity index (χ2v) is 3.19. The van der Waals surface area contributed by atoms with Crippen LogP contribution in [0.3, 0.4) is 0 Å². The summed E-state index contributed by atoms with van der Waals surface area (Å²) in [4.78, 5) is 0. The van der Waals surface area contributed by atoms with Crippen LogP contribution in [-0.2, 0) is 0 Å². The van der Waals surface area contributed by atoms with E-state index >= 15 is 0 Å². The minimum absolute atomic E-state index is 0.485. The van der Waals surface area contributed by atoms with Crippen molar-refractivity contribution in [2.75, 3.05) is 0 Å². The first-order valence-electron chi connectivity index (χ1n) is 2.83. The van der Waals surface area contributed by atoms with Crippen LogP contribution in [0.2, 0.25) is 0 Å². The summed E-state index contributed by atoms with van der Waals surface area (Å²) < 4.78 is 0. The Balaban J connectivity index is 3.13. The fourth-order valence-electron chi connectivity index (χ4n) is 0.663. The highest BCUT2D eigenvalue weighted by atomic mass is 28.2. The van der Waals surface area contributed by atoms with Crippen molar-refractivity contribution in [3.05, 3.63) is 28.5 Å². The SMILES string of the molecule is Cc1cc[siH]cc1C. The van der Waals surface area contributed by atoms with Crippen molar-refractivity contribution in [2.45, 2.75) is 13.8 Å². The Morgan fingerprint density at radius 1 is 1.25 bits per heavy atom. The molecule has 1 rings (SSSR count). The van der Waals surface area contributed by atoms with Crippen LogP contribution in [0.4, 0.5) is 0 Å². The van der Waals surface area contributed by atoms with Gasteiger partial charge in [0.2, 0.25) is 0 Å². The molecule has 0 aromatic carbocycles. The molecule has 0 saturated heterocycles. The van der Waals surface area contributed by atoms with Crippen molar-refractivity contribution >= 4 is 9.12 Å². The highest BCUT2D eigenvalue weighted by molar-refractivity contribution is 6.27. The molecule has 0 nitrogen and oxygen atoms in total. The van der Waals surface area contributed by atoms with Crippen molar-refractivity contribution < 1.29 is 0 Å². The third-order valence-corrected chi connectivity index (χ3v) is 2.53. The highest BCUT2D eigenvalue weighted by Crippen LogP contribution is 1.99. The van der Waals surface area contributed by atoms with Gasteiger partial charge in [0.15, 0.2) is 0 Å². The van der Waals surface area contributed by atoms with Crippen LogP contribution in [0, 0.1) is 13.8 Å². The summed E-state index contributed by atoms with van der Waals surface area (Å²) >= 11 is 0. The molecule has 0 spiro atoms. The number of aryl methyl sites for hydroxylation is 2. The van der Waals surface area contributed by atoms with E-state index in [1.165, 1.54) is 11.1 Å². The molecule has 42 valence electrons. The lowest BCUT2D eigenvalue weighted by Gasteiger charge is -1.93. The second-order valence-electron chi connectivity index (χ2n) is 2.08. The first-order chi connectivity index (χ1) is 3.80. The predicted octanol–water partition coefficient (Wildman–Crippen LogP) is 1.37. The molecule has 0 fully saturated rings. The molecule has 1 heterocycles. The predicted molar refractivity (Wildman–Crippen MR) is 38.7 cm³/mol. The molecule has 0 aliphatic rings. The van der Waals surface area contributed by atoms with Crippen molar-refractivity contribution in [2.24, 2.45) is 0 Å². The van der Waals surface area contributed by atoms with Crippen LogP contribution in [0.25, 0.3) is 0 Å². The maximum absolute atomic E-state index is 2.33. The minimum Gasteiger partial charge on any atom is -0.0802 e. The van der Waals surface area contributed by atoms with Crippen molar-refractivity contribution in [1.82, 2.24) is 0 Å². The van der Waals surface area contributed by atoms with E-state index in [2.05, 4.69) is 31.3 Å². The lowest BCUT2D eigenvalue weighted by atomic mass is 10.2. The molecule has 0 bridgehead atoms. The summed E-state index contributed by atoms with van der Waals surface area (Å²) in [7, 11) is 0.485. The van der Waals surface area contributed by atoms with E-state index in [1.807, 2.05) is 0 Å². The topological polar surface area (TPSA) is 0 Å². The number of hydrogen-bond donors (Lipinski definition) is 0. The molecule has 0 aliphatic heterocycles. The molecule has 1 aromatic heterocycles. The van der Waals surface area contributed by atoms with E-state index in [4.69, 9.17) is 0 Å². The van der Waals surface area contributed by atoms with E-state index in [0.717, 1.165) is 0 Å². The van der Waals surface area contributed by atoms with Crippen LogP contribution in [0.5, 0.6) is 0 Å². The van der Waals surface area contributed by atoms with Gasteiger partial charge in [0.1, 0.15) is 0 Å². The second kappa shape index (κ2) is 2.22. The molecule has 0 radical (unpaired) electrons. The summed E-state index contributed by atoms with van der Waals surface area (Å²) in [6.45, 7) is 4.33. The Bertz CT molecular complexity index is 160. The summed E-state index contributed by atoms with van der Waals surface area (Å²) in [5.74, 6) is 0. The van der Waals surface area contributed by atoms with Gasteiger partial charge in [-0.3, -0.25) is 0 Å². The first-order valence-corrected chi connectivity index (χ1v) is 4.16. The summed E-state index contributed by atoms with van der Waals surface area (Å²) in [6.07, 6.45) is 0. The zero-order valence-corrected chi connectivity index (χ0v) is 6.46. The third-order valence-electron chi connectivity index (χ3n) is 1.43. The molecule has 1 heteroatoms. The Hall–Kier alpha value is -0.433. The molecule has 8 heavy (non-hydrogen) atoms. The molecule has 0 unspecified atom stereocenters. The van der Waals surface area contributed by atoms with E-state index in [1.54, 1.807) is 0 Å². The van der Waals surface area contributed by atoms with Gasteiger partial charge in [-0.25, -0.2) is 0 Å². The lowest BCUT2D eigenvalue weighted by Crippen LogP contribution is -1.79. The summed E-state index contributed by atoms with van der Waals surface area (Å²) in [6, 6.07) is 2.21. The van der Waals surface area contributed by atoms with E-state index < -0.39 is 0 Å². The molecular weight excluding hydrogens is 112 g/mol. The van der Waals surface area contributed by atoms with E-state index in [-0.39, 0.29) is 0 Å². The Morgan fingerprint density at radius 2 is 2.00 bits per heavy atom. The lowest BCUT2D eigenvalue weighted by molar-refractivity contribution is 1.37. The number of hydrogen-bond acceptors (Lipinski definition) is 0. The summed E-state index contributed by atoms with van der Waals surface area (Å²) in [5.41, 5.74) is 7.48. The van der Waals surface area contributed by atoms with E-state index in [0.29, 0.717) is 9.12 Å². The van der Waals surface area contributed by atoms with Crippen LogP contribution in [0.1, 0.15) is 11.1 Å². The minimum atomic E-state index is 0.485. The normalized spacial score (nSPS) is 9.25. The highest BCUT2D eigenvalue weighted by Gasteiger charge is 1.83.